The van der Waals surface area contributed by atoms with Gasteiger partial charge in [-0.15, -0.1) is 0 Å². The third-order valence-corrected chi connectivity index (χ3v) is 3.38. The van der Waals surface area contributed by atoms with Crippen LogP contribution in [0.2, 0.25) is 0 Å². The second-order valence-electron chi connectivity index (χ2n) is 4.06. The standard InChI is InChI=1S/C9H13NO2/c11-9-7(2-4-12-9)10-3-1-6-5-8(6)10/h6-8H,1-5H2. The lowest BCUT2D eigenvalue weighted by molar-refractivity contribution is -0.142. The molecule has 3 unspecified atom stereocenters. The second-order valence-corrected chi connectivity index (χ2v) is 4.06. The fraction of sp³-hybridized carbons (Fsp3) is 0.889. The van der Waals surface area contributed by atoms with E-state index in [1.807, 2.05) is 0 Å². The molecule has 3 rings (SSSR count). The molecular weight excluding hydrogens is 154 g/mol. The largest absolute Gasteiger partial charge is 0.464 e. The fourth-order valence-corrected chi connectivity index (χ4v) is 2.60. The first-order valence-corrected chi connectivity index (χ1v) is 4.78. The van der Waals surface area contributed by atoms with Gasteiger partial charge in [0.1, 0.15) is 6.04 Å². The Bertz CT molecular complexity index is 229. The third kappa shape index (κ3) is 0.829. The van der Waals surface area contributed by atoms with Crippen LogP contribution < -0.4 is 0 Å². The van der Waals surface area contributed by atoms with E-state index in [4.69, 9.17) is 4.74 Å². The number of esters is 1. The maximum atomic E-state index is 11.3. The van der Waals surface area contributed by atoms with Crippen molar-refractivity contribution in [1.82, 2.24) is 4.90 Å². The summed E-state index contributed by atoms with van der Waals surface area (Å²) in [7, 11) is 0. The molecule has 2 heterocycles. The zero-order valence-corrected chi connectivity index (χ0v) is 7.03. The Morgan fingerprint density at radius 3 is 2.83 bits per heavy atom. The van der Waals surface area contributed by atoms with Crippen LogP contribution in [0.4, 0.5) is 0 Å². The van der Waals surface area contributed by atoms with E-state index in [0.717, 1.165) is 24.9 Å². The Labute approximate surface area is 71.7 Å². The van der Waals surface area contributed by atoms with Gasteiger partial charge in [0.15, 0.2) is 0 Å². The Morgan fingerprint density at radius 2 is 2.33 bits per heavy atom. The van der Waals surface area contributed by atoms with Gasteiger partial charge in [0.2, 0.25) is 0 Å². The van der Waals surface area contributed by atoms with Crippen LogP contribution in [0.1, 0.15) is 19.3 Å². The Morgan fingerprint density at radius 1 is 1.42 bits per heavy atom. The van der Waals surface area contributed by atoms with Gasteiger partial charge in [-0.2, -0.15) is 0 Å². The van der Waals surface area contributed by atoms with Crippen LogP contribution in [-0.2, 0) is 9.53 Å². The molecule has 3 atom stereocenters. The molecule has 1 aliphatic carbocycles. The SMILES string of the molecule is O=C1OCCC1N1CCC2CC21. The highest BCUT2D eigenvalue weighted by Crippen LogP contribution is 2.46. The maximum absolute atomic E-state index is 11.3. The monoisotopic (exact) mass is 167 g/mol. The van der Waals surface area contributed by atoms with E-state index >= 15 is 0 Å². The molecule has 66 valence electrons. The van der Waals surface area contributed by atoms with Crippen LogP contribution in [0.15, 0.2) is 0 Å². The highest BCUT2D eigenvalue weighted by molar-refractivity contribution is 5.77. The zero-order chi connectivity index (χ0) is 8.13. The van der Waals surface area contributed by atoms with Gasteiger partial charge < -0.3 is 4.74 Å². The molecule has 2 aliphatic heterocycles. The number of hydrogen-bond acceptors (Lipinski definition) is 3. The molecule has 0 aromatic carbocycles. The van der Waals surface area contributed by atoms with Crippen LogP contribution in [0, 0.1) is 5.92 Å². The number of piperidine rings is 1. The first kappa shape index (κ1) is 6.89. The van der Waals surface area contributed by atoms with E-state index in [2.05, 4.69) is 4.90 Å². The summed E-state index contributed by atoms with van der Waals surface area (Å²) < 4.78 is 4.96. The highest BCUT2D eigenvalue weighted by atomic mass is 16.5. The van der Waals surface area contributed by atoms with Crippen molar-refractivity contribution in [2.45, 2.75) is 31.3 Å². The lowest BCUT2D eigenvalue weighted by atomic mass is 10.2. The van der Waals surface area contributed by atoms with Gasteiger partial charge in [-0.3, -0.25) is 9.69 Å². The molecule has 2 saturated heterocycles. The van der Waals surface area contributed by atoms with Crippen LogP contribution in [-0.4, -0.2) is 36.1 Å². The molecule has 0 spiro atoms. The molecule has 1 saturated carbocycles. The smallest absolute Gasteiger partial charge is 0.323 e. The Hall–Kier alpha value is -0.570. The minimum atomic E-state index is 0.0163. The van der Waals surface area contributed by atoms with Crippen molar-refractivity contribution in [2.75, 3.05) is 13.2 Å². The van der Waals surface area contributed by atoms with Gasteiger partial charge in [0.05, 0.1) is 6.61 Å². The highest BCUT2D eigenvalue weighted by Gasteiger charge is 2.51. The number of ether oxygens (including phenoxy) is 1. The van der Waals surface area contributed by atoms with Crippen molar-refractivity contribution in [1.29, 1.82) is 0 Å². The molecule has 0 bridgehead atoms. The van der Waals surface area contributed by atoms with Crippen LogP contribution in [0.25, 0.3) is 0 Å². The predicted molar refractivity (Wildman–Crippen MR) is 42.6 cm³/mol. The number of hydrogen-bond donors (Lipinski definition) is 0. The first-order valence-electron chi connectivity index (χ1n) is 4.78. The van der Waals surface area contributed by atoms with Crippen molar-refractivity contribution in [2.24, 2.45) is 5.92 Å². The average molecular weight is 167 g/mol. The van der Waals surface area contributed by atoms with E-state index < -0.39 is 0 Å². The molecule has 3 nitrogen and oxygen atoms in total. The van der Waals surface area contributed by atoms with Crippen molar-refractivity contribution in [3.63, 3.8) is 0 Å². The molecule has 0 amide bonds. The van der Waals surface area contributed by atoms with E-state index in [-0.39, 0.29) is 12.0 Å². The number of carbonyl (C=O) groups is 1. The number of cyclic esters (lactones) is 1. The van der Waals surface area contributed by atoms with Crippen molar-refractivity contribution in [3.8, 4) is 0 Å². The molecule has 0 radical (unpaired) electrons. The van der Waals surface area contributed by atoms with E-state index in [1.165, 1.54) is 12.8 Å². The lowest BCUT2D eigenvalue weighted by Crippen LogP contribution is -2.38. The van der Waals surface area contributed by atoms with E-state index in [1.54, 1.807) is 0 Å². The summed E-state index contributed by atoms with van der Waals surface area (Å²) >= 11 is 0. The topological polar surface area (TPSA) is 29.5 Å². The maximum Gasteiger partial charge on any atom is 0.323 e. The van der Waals surface area contributed by atoms with Gasteiger partial charge in [-0.1, -0.05) is 0 Å². The summed E-state index contributed by atoms with van der Waals surface area (Å²) in [4.78, 5) is 13.6. The minimum absolute atomic E-state index is 0.0163. The Kier molecular flexibility index (Phi) is 1.28. The molecular formula is C9H13NO2. The third-order valence-electron chi connectivity index (χ3n) is 3.38. The summed E-state index contributed by atoms with van der Waals surface area (Å²) in [6, 6.07) is 0.850. The number of rotatable bonds is 1. The Balaban J connectivity index is 1.75. The van der Waals surface area contributed by atoms with Gasteiger partial charge in [-0.05, 0) is 25.3 Å². The van der Waals surface area contributed by atoms with Crippen molar-refractivity contribution < 1.29 is 9.53 Å². The molecule has 0 aromatic rings. The molecule has 3 aliphatic rings. The summed E-state index contributed by atoms with van der Waals surface area (Å²) in [5.41, 5.74) is 0. The van der Waals surface area contributed by atoms with Crippen LogP contribution >= 0.6 is 0 Å². The van der Waals surface area contributed by atoms with Gasteiger partial charge in [0, 0.05) is 12.5 Å². The normalized spacial score (nSPS) is 46.0. The zero-order valence-electron chi connectivity index (χ0n) is 7.03. The second kappa shape index (κ2) is 2.22. The molecule has 0 N–H and O–H groups in total. The lowest BCUT2D eigenvalue weighted by Gasteiger charge is -2.21. The molecule has 3 heteroatoms. The predicted octanol–water partition coefficient (Wildman–Crippen LogP) is 0.396. The van der Waals surface area contributed by atoms with E-state index in [9.17, 15) is 4.79 Å². The average Bonchev–Trinajstić information content (AvgIpc) is 2.51. The van der Waals surface area contributed by atoms with Gasteiger partial charge in [-0.25, -0.2) is 0 Å². The molecule has 12 heavy (non-hydrogen) atoms. The summed E-state index contributed by atoms with van der Waals surface area (Å²) in [5.74, 6) is 0.931. The number of carbonyl (C=O) groups excluding carboxylic acids is 1. The number of fused-ring (bicyclic) bond motifs is 1. The van der Waals surface area contributed by atoms with Crippen LogP contribution in [0.5, 0.6) is 0 Å². The quantitative estimate of drug-likeness (QED) is 0.529. The van der Waals surface area contributed by atoms with Crippen molar-refractivity contribution in [3.05, 3.63) is 0 Å². The fourth-order valence-electron chi connectivity index (χ4n) is 2.60. The molecule has 3 fully saturated rings. The number of likely N-dealkylation sites (tertiary alicyclic amines) is 1. The summed E-state index contributed by atoms with van der Waals surface area (Å²) in [6.45, 7) is 1.76. The number of nitrogens with zero attached hydrogens (tertiary/aromatic N) is 1. The van der Waals surface area contributed by atoms with Gasteiger partial charge in [0.25, 0.3) is 0 Å². The van der Waals surface area contributed by atoms with Gasteiger partial charge >= 0.3 is 5.97 Å². The van der Waals surface area contributed by atoms with E-state index in [0.29, 0.717) is 6.61 Å². The first-order chi connectivity index (χ1) is 5.86. The van der Waals surface area contributed by atoms with Crippen molar-refractivity contribution >= 4 is 5.97 Å². The molecule has 0 aromatic heterocycles. The summed E-state index contributed by atoms with van der Waals surface area (Å²) in [5, 5.41) is 0. The summed E-state index contributed by atoms with van der Waals surface area (Å²) in [6.07, 6.45) is 3.54. The van der Waals surface area contributed by atoms with Crippen LogP contribution in [0.3, 0.4) is 0 Å². The minimum Gasteiger partial charge on any atom is -0.464 e.